The monoisotopic (exact) mass is 364 g/mol. The topological polar surface area (TPSA) is 46.5 Å². The van der Waals surface area contributed by atoms with Gasteiger partial charge in [0.15, 0.2) is 0 Å². The summed E-state index contributed by atoms with van der Waals surface area (Å²) in [7, 11) is 1.82. The van der Waals surface area contributed by atoms with E-state index in [4.69, 9.17) is 4.74 Å². The van der Waals surface area contributed by atoms with Crippen LogP contribution in [0.5, 0.6) is 0 Å². The molecule has 0 aromatic rings. The highest BCUT2D eigenvalue weighted by Crippen LogP contribution is 2.68. The standard InChI is InChI=1S/C23H40O3/c1-7-8-11-21(4)14-18(24)22(5)15(2)9-12-23(16(3)20(21)25)13-10-17(26-6)19(22)23/h15-19,24H,7-14H2,1-6H3/t15-,16+,17-,18-,19?,21-,22+,23?/m1/s1. The van der Waals surface area contributed by atoms with E-state index < -0.39 is 11.5 Å². The SMILES string of the molecule is CCCC[C@]1(C)C[C@@H](O)[C@@]2(C)C3[C@H](OC)CCC3(CC[C@H]2C)[C@@H](C)C1=O. The third-order valence-electron chi connectivity index (χ3n) is 9.26. The molecule has 0 radical (unpaired) electrons. The number of aliphatic hydroxyl groups is 1. The predicted octanol–water partition coefficient (Wildman–Crippen LogP) is 5.00. The average molecular weight is 365 g/mol. The third kappa shape index (κ3) is 2.64. The van der Waals surface area contributed by atoms with Crippen molar-refractivity contribution in [2.45, 2.75) is 98.2 Å². The van der Waals surface area contributed by atoms with E-state index in [9.17, 15) is 9.90 Å². The summed E-state index contributed by atoms with van der Waals surface area (Å²) >= 11 is 0. The first-order valence-corrected chi connectivity index (χ1v) is 10.9. The van der Waals surface area contributed by atoms with Crippen LogP contribution in [0.1, 0.15) is 86.0 Å². The molecule has 8 atom stereocenters. The molecule has 2 bridgehead atoms. The van der Waals surface area contributed by atoms with Crippen molar-refractivity contribution in [3.8, 4) is 0 Å². The van der Waals surface area contributed by atoms with E-state index in [1.165, 1.54) is 0 Å². The molecule has 0 aliphatic heterocycles. The molecule has 3 nitrogen and oxygen atoms in total. The van der Waals surface area contributed by atoms with Crippen molar-refractivity contribution in [1.29, 1.82) is 0 Å². The number of hydrogen-bond acceptors (Lipinski definition) is 3. The van der Waals surface area contributed by atoms with Gasteiger partial charge in [-0.15, -0.1) is 0 Å². The van der Waals surface area contributed by atoms with Crippen molar-refractivity contribution in [3.05, 3.63) is 0 Å². The minimum Gasteiger partial charge on any atom is -0.393 e. The highest BCUT2D eigenvalue weighted by Gasteiger charge is 2.67. The Hall–Kier alpha value is -0.410. The molecule has 0 spiro atoms. The summed E-state index contributed by atoms with van der Waals surface area (Å²) in [4.78, 5) is 13.7. The van der Waals surface area contributed by atoms with E-state index >= 15 is 0 Å². The molecule has 3 fully saturated rings. The lowest BCUT2D eigenvalue weighted by Gasteiger charge is -2.61. The zero-order valence-electron chi connectivity index (χ0n) is 17.8. The number of unbranched alkanes of at least 4 members (excludes halogenated alkanes) is 1. The smallest absolute Gasteiger partial charge is 0.142 e. The number of ketones is 1. The zero-order valence-corrected chi connectivity index (χ0v) is 17.8. The van der Waals surface area contributed by atoms with Crippen LogP contribution in [0.2, 0.25) is 0 Å². The second-order valence-corrected chi connectivity index (χ2v) is 10.3. The number of Topliss-reactive ketones (excluding diaryl/α,β-unsaturated/α-hetero) is 1. The van der Waals surface area contributed by atoms with Gasteiger partial charge >= 0.3 is 0 Å². The molecule has 0 aromatic carbocycles. The van der Waals surface area contributed by atoms with Crippen molar-refractivity contribution in [3.63, 3.8) is 0 Å². The van der Waals surface area contributed by atoms with Crippen LogP contribution in [0.25, 0.3) is 0 Å². The summed E-state index contributed by atoms with van der Waals surface area (Å²) in [6.07, 6.45) is 7.74. The van der Waals surface area contributed by atoms with E-state index in [2.05, 4.69) is 34.6 Å². The summed E-state index contributed by atoms with van der Waals surface area (Å²) in [5, 5.41) is 11.5. The van der Waals surface area contributed by atoms with Gasteiger partial charge in [-0.05, 0) is 55.8 Å². The molecule has 150 valence electrons. The van der Waals surface area contributed by atoms with Gasteiger partial charge in [0.1, 0.15) is 5.78 Å². The Bertz CT molecular complexity index is 546. The molecule has 1 N–H and O–H groups in total. The highest BCUT2D eigenvalue weighted by atomic mass is 16.5. The Labute approximate surface area is 160 Å². The molecular formula is C23H40O3. The Morgan fingerprint density at radius 2 is 1.85 bits per heavy atom. The quantitative estimate of drug-likeness (QED) is 0.763. The Morgan fingerprint density at radius 1 is 1.19 bits per heavy atom. The van der Waals surface area contributed by atoms with Crippen molar-refractivity contribution in [2.24, 2.45) is 34.0 Å². The highest BCUT2D eigenvalue weighted by molar-refractivity contribution is 5.87. The maximum atomic E-state index is 13.7. The molecule has 26 heavy (non-hydrogen) atoms. The van der Waals surface area contributed by atoms with Crippen molar-refractivity contribution in [2.75, 3.05) is 7.11 Å². The van der Waals surface area contributed by atoms with Crippen molar-refractivity contribution >= 4 is 5.78 Å². The van der Waals surface area contributed by atoms with Gasteiger partial charge in [0, 0.05) is 23.9 Å². The summed E-state index contributed by atoms with van der Waals surface area (Å²) in [6, 6.07) is 0. The second-order valence-electron chi connectivity index (χ2n) is 10.3. The molecule has 2 unspecified atom stereocenters. The molecule has 0 aromatic heterocycles. The Kier molecular flexibility index (Phi) is 5.38. The van der Waals surface area contributed by atoms with Crippen molar-refractivity contribution in [1.82, 2.24) is 0 Å². The number of aliphatic hydroxyl groups excluding tert-OH is 1. The molecule has 3 saturated carbocycles. The summed E-state index contributed by atoms with van der Waals surface area (Å²) in [5.74, 6) is 1.22. The largest absolute Gasteiger partial charge is 0.393 e. The van der Waals surface area contributed by atoms with Gasteiger partial charge < -0.3 is 9.84 Å². The minimum atomic E-state index is -0.434. The van der Waals surface area contributed by atoms with Gasteiger partial charge in [0.25, 0.3) is 0 Å². The molecule has 3 aliphatic rings. The van der Waals surface area contributed by atoms with Crippen molar-refractivity contribution < 1.29 is 14.6 Å². The van der Waals surface area contributed by atoms with Gasteiger partial charge in [-0.3, -0.25) is 4.79 Å². The number of carbonyl (C=O) groups is 1. The van der Waals surface area contributed by atoms with Crippen LogP contribution in [0.4, 0.5) is 0 Å². The zero-order chi connectivity index (χ0) is 19.3. The number of methoxy groups -OCH3 is 1. The first-order chi connectivity index (χ1) is 12.2. The summed E-state index contributed by atoms with van der Waals surface area (Å²) < 4.78 is 5.95. The van der Waals surface area contributed by atoms with Gasteiger partial charge in [0.2, 0.25) is 0 Å². The van der Waals surface area contributed by atoms with Gasteiger partial charge in [-0.25, -0.2) is 0 Å². The number of ether oxygens (including phenoxy) is 1. The molecule has 3 heteroatoms. The van der Waals surface area contributed by atoms with E-state index in [0.29, 0.717) is 18.1 Å². The first-order valence-electron chi connectivity index (χ1n) is 10.9. The van der Waals surface area contributed by atoms with Crippen LogP contribution in [0, 0.1) is 34.0 Å². The molecular weight excluding hydrogens is 324 g/mol. The molecule has 3 aliphatic carbocycles. The second kappa shape index (κ2) is 6.88. The first kappa shape index (κ1) is 20.3. The van der Waals surface area contributed by atoms with Crippen LogP contribution in [0.15, 0.2) is 0 Å². The normalized spacial score (nSPS) is 51.7. The lowest BCUT2D eigenvalue weighted by atomic mass is 9.44. The minimum absolute atomic E-state index is 0.00783. The van der Waals surface area contributed by atoms with E-state index in [0.717, 1.165) is 44.9 Å². The maximum Gasteiger partial charge on any atom is 0.142 e. The summed E-state index contributed by atoms with van der Waals surface area (Å²) in [5.41, 5.74) is -0.554. The molecule has 3 rings (SSSR count). The number of carbonyl (C=O) groups excluding carboxylic acids is 1. The lowest BCUT2D eigenvalue weighted by molar-refractivity contribution is -0.192. The molecule has 0 amide bonds. The number of hydrogen-bond donors (Lipinski definition) is 1. The maximum absolute atomic E-state index is 13.7. The summed E-state index contributed by atoms with van der Waals surface area (Å²) in [6.45, 7) is 11.1. The van der Waals surface area contributed by atoms with Crippen LogP contribution in [-0.2, 0) is 9.53 Å². The van der Waals surface area contributed by atoms with Gasteiger partial charge in [-0.1, -0.05) is 47.5 Å². The van der Waals surface area contributed by atoms with Gasteiger partial charge in [-0.2, -0.15) is 0 Å². The van der Waals surface area contributed by atoms with E-state index in [-0.39, 0.29) is 28.8 Å². The fourth-order valence-corrected chi connectivity index (χ4v) is 7.32. The van der Waals surface area contributed by atoms with Crippen LogP contribution in [-0.4, -0.2) is 30.2 Å². The van der Waals surface area contributed by atoms with E-state index in [1.807, 2.05) is 7.11 Å². The lowest BCUT2D eigenvalue weighted by Crippen LogP contribution is -2.62. The predicted molar refractivity (Wildman–Crippen MR) is 105 cm³/mol. The fraction of sp³-hybridized carbons (Fsp3) is 0.957. The van der Waals surface area contributed by atoms with Crippen LogP contribution in [0.3, 0.4) is 0 Å². The van der Waals surface area contributed by atoms with Crippen LogP contribution < -0.4 is 0 Å². The van der Waals surface area contributed by atoms with Crippen LogP contribution >= 0.6 is 0 Å². The Morgan fingerprint density at radius 3 is 2.46 bits per heavy atom. The van der Waals surface area contributed by atoms with E-state index in [1.54, 1.807) is 0 Å². The number of rotatable bonds is 4. The third-order valence-corrected chi connectivity index (χ3v) is 9.26. The van der Waals surface area contributed by atoms with Gasteiger partial charge in [0.05, 0.1) is 12.2 Å². The fourth-order valence-electron chi connectivity index (χ4n) is 7.32. The molecule has 0 saturated heterocycles. The Balaban J connectivity index is 2.12. The molecule has 0 heterocycles. The average Bonchev–Trinajstić information content (AvgIpc) is 3.02.